The summed E-state index contributed by atoms with van der Waals surface area (Å²) in [6.07, 6.45) is -1.21. The van der Waals surface area contributed by atoms with Crippen molar-refractivity contribution < 1.29 is 26.1 Å². The Labute approximate surface area is 210 Å². The van der Waals surface area contributed by atoms with Crippen LogP contribution in [0.1, 0.15) is 5.56 Å². The Morgan fingerprint density at radius 2 is 1.51 bits per heavy atom. The summed E-state index contributed by atoms with van der Waals surface area (Å²) in [7, 11) is -4.00. The number of nitrogens with one attached hydrogen (secondary N) is 1. The minimum Gasteiger partial charge on any atom is -0.340 e. The number of hydrogen-bond acceptors (Lipinski definition) is 6. The maximum atomic E-state index is 12.7. The molecule has 5 aromatic rings. The third-order valence-electron chi connectivity index (χ3n) is 5.09. The Kier molecular flexibility index (Phi) is 7.46. The van der Waals surface area contributed by atoms with Gasteiger partial charge in [0.15, 0.2) is 0 Å². The number of halogens is 3. The predicted octanol–water partition coefficient (Wildman–Crippen LogP) is 6.39. The van der Waals surface area contributed by atoms with Gasteiger partial charge in [0.2, 0.25) is 0 Å². The lowest BCUT2D eigenvalue weighted by molar-refractivity contribution is -0.137. The monoisotopic (exact) mass is 524 g/mol. The maximum absolute atomic E-state index is 12.7. The van der Waals surface area contributed by atoms with Crippen molar-refractivity contribution in [2.24, 2.45) is 0 Å². The van der Waals surface area contributed by atoms with Crippen LogP contribution in [-0.2, 0) is 16.3 Å². The second kappa shape index (κ2) is 10.7. The van der Waals surface area contributed by atoms with Crippen molar-refractivity contribution >= 4 is 32.5 Å². The summed E-state index contributed by atoms with van der Waals surface area (Å²) in [5.41, 5.74) is 2.30. The smallest absolute Gasteiger partial charge is 0.340 e. The summed E-state index contributed by atoms with van der Waals surface area (Å²) in [5.74, 6) is 0.492. The van der Waals surface area contributed by atoms with Gasteiger partial charge < -0.3 is 5.32 Å². The van der Waals surface area contributed by atoms with E-state index in [0.29, 0.717) is 17.2 Å². The fraction of sp³-hybridized carbons (Fsp3) is 0.0385. The van der Waals surface area contributed by atoms with Gasteiger partial charge in [-0.3, -0.25) is 9.54 Å². The van der Waals surface area contributed by atoms with Crippen LogP contribution in [0.25, 0.3) is 22.2 Å². The first-order chi connectivity index (χ1) is 17.6. The molecule has 0 saturated carbocycles. The van der Waals surface area contributed by atoms with Crippen molar-refractivity contribution in [1.82, 2.24) is 15.0 Å². The minimum absolute atomic E-state index is 0.0741. The van der Waals surface area contributed by atoms with E-state index >= 15 is 0 Å². The van der Waals surface area contributed by atoms with Crippen LogP contribution in [0.2, 0.25) is 0 Å². The summed E-state index contributed by atoms with van der Waals surface area (Å²) >= 11 is 0. The van der Waals surface area contributed by atoms with Crippen molar-refractivity contribution in [1.29, 1.82) is 0 Å². The molecule has 3 aromatic carbocycles. The zero-order chi connectivity index (χ0) is 26.5. The topological polar surface area (TPSA) is 105 Å². The molecule has 0 amide bonds. The van der Waals surface area contributed by atoms with Gasteiger partial charge in [-0.05, 0) is 54.6 Å². The van der Waals surface area contributed by atoms with E-state index in [1.54, 1.807) is 30.5 Å². The molecule has 0 aliphatic heterocycles. The van der Waals surface area contributed by atoms with Crippen molar-refractivity contribution in [2.75, 3.05) is 5.32 Å². The molecule has 188 valence electrons. The molecule has 0 aliphatic carbocycles. The third kappa shape index (κ3) is 6.87. The molecule has 0 unspecified atom stereocenters. The SMILES string of the molecule is FC(F)(F)c1ccc(Nc2cc(-c3ccc4ncccc4c3)ncn2)cc1.O=S(=O)(O)c1ccccc1. The molecule has 37 heavy (non-hydrogen) atoms. The zero-order valence-corrected chi connectivity index (χ0v) is 19.8. The average molecular weight is 525 g/mol. The number of rotatable bonds is 4. The first-order valence-corrected chi connectivity index (χ1v) is 12.2. The molecule has 5 rings (SSSR count). The molecule has 0 spiro atoms. The number of pyridine rings is 1. The van der Waals surface area contributed by atoms with Gasteiger partial charge in [-0.15, -0.1) is 0 Å². The highest BCUT2D eigenvalue weighted by atomic mass is 32.2. The van der Waals surface area contributed by atoms with Crippen LogP contribution in [0.3, 0.4) is 0 Å². The van der Waals surface area contributed by atoms with Gasteiger partial charge in [0.1, 0.15) is 12.1 Å². The fourth-order valence-corrected chi connectivity index (χ4v) is 3.80. The molecule has 0 radical (unpaired) electrons. The van der Waals surface area contributed by atoms with Gasteiger partial charge in [-0.2, -0.15) is 21.6 Å². The van der Waals surface area contributed by atoms with Crippen molar-refractivity contribution in [2.45, 2.75) is 11.1 Å². The maximum Gasteiger partial charge on any atom is 0.416 e. The van der Waals surface area contributed by atoms with E-state index in [1.165, 1.54) is 30.6 Å². The van der Waals surface area contributed by atoms with E-state index < -0.39 is 21.9 Å². The van der Waals surface area contributed by atoms with E-state index in [-0.39, 0.29) is 4.90 Å². The van der Waals surface area contributed by atoms with Crippen LogP contribution in [-0.4, -0.2) is 27.9 Å². The molecule has 2 heterocycles. The molecule has 0 saturated heterocycles. The van der Waals surface area contributed by atoms with Crippen LogP contribution < -0.4 is 5.32 Å². The van der Waals surface area contributed by atoms with Gasteiger partial charge in [-0.1, -0.05) is 30.3 Å². The lowest BCUT2D eigenvalue weighted by atomic mass is 10.1. The van der Waals surface area contributed by atoms with Crippen molar-refractivity contribution in [3.05, 3.63) is 109 Å². The molecule has 0 aliphatic rings. The number of nitrogens with zero attached hydrogens (tertiary/aromatic N) is 3. The average Bonchev–Trinajstić information content (AvgIpc) is 2.89. The Morgan fingerprint density at radius 3 is 2.16 bits per heavy atom. The summed E-state index contributed by atoms with van der Waals surface area (Å²) < 4.78 is 67.2. The molecular formula is C26H19F3N4O3S. The molecule has 11 heteroatoms. The first kappa shape index (κ1) is 25.7. The molecule has 2 N–H and O–H groups in total. The molecule has 7 nitrogen and oxygen atoms in total. The Balaban J connectivity index is 0.000000270. The third-order valence-corrected chi connectivity index (χ3v) is 5.96. The lowest BCUT2D eigenvalue weighted by Gasteiger charge is -2.10. The Morgan fingerprint density at radius 1 is 0.784 bits per heavy atom. The highest BCUT2D eigenvalue weighted by molar-refractivity contribution is 7.85. The quantitative estimate of drug-likeness (QED) is 0.263. The van der Waals surface area contributed by atoms with E-state index in [0.717, 1.165) is 28.6 Å². The number of hydrogen-bond donors (Lipinski definition) is 2. The summed E-state index contributed by atoms with van der Waals surface area (Å²) in [5, 5.41) is 3.99. The van der Waals surface area contributed by atoms with Crippen LogP contribution in [0.4, 0.5) is 24.7 Å². The van der Waals surface area contributed by atoms with E-state index in [9.17, 15) is 21.6 Å². The molecule has 2 aromatic heterocycles. The lowest BCUT2D eigenvalue weighted by Crippen LogP contribution is -2.04. The predicted molar refractivity (Wildman–Crippen MR) is 134 cm³/mol. The number of alkyl halides is 3. The zero-order valence-electron chi connectivity index (χ0n) is 19.0. The number of benzene rings is 3. The Hall–Kier alpha value is -4.35. The molecular weight excluding hydrogens is 505 g/mol. The number of fused-ring (bicyclic) bond motifs is 1. The normalized spacial score (nSPS) is 11.5. The van der Waals surface area contributed by atoms with Crippen LogP contribution in [0.15, 0.2) is 108 Å². The minimum atomic E-state index is -4.36. The van der Waals surface area contributed by atoms with E-state index in [2.05, 4.69) is 20.3 Å². The van der Waals surface area contributed by atoms with Gasteiger partial charge in [-0.25, -0.2) is 9.97 Å². The largest absolute Gasteiger partial charge is 0.416 e. The fourth-order valence-electron chi connectivity index (χ4n) is 3.30. The highest BCUT2D eigenvalue weighted by Crippen LogP contribution is 2.30. The van der Waals surface area contributed by atoms with Crippen LogP contribution >= 0.6 is 0 Å². The number of aromatic nitrogens is 3. The summed E-state index contributed by atoms with van der Waals surface area (Å²) in [6, 6.07) is 23.6. The number of anilines is 2. The Bertz CT molecular complexity index is 1610. The highest BCUT2D eigenvalue weighted by Gasteiger charge is 2.29. The standard InChI is InChI=1S/C20H13F3N4.C6H6O3S/c21-20(22,23)15-4-6-16(7-5-15)27-19-11-18(25-12-26-19)14-3-8-17-13(10-14)2-1-9-24-17;7-10(8,9)6-4-2-1-3-5-6/h1-12H,(H,25,26,27);1-5H,(H,7,8,9). The van der Waals surface area contributed by atoms with Gasteiger partial charge in [0.25, 0.3) is 10.1 Å². The van der Waals surface area contributed by atoms with Crippen molar-refractivity contribution in [3.63, 3.8) is 0 Å². The second-order valence-corrected chi connectivity index (χ2v) is 9.11. The van der Waals surface area contributed by atoms with E-state index in [1.807, 2.05) is 30.3 Å². The second-order valence-electron chi connectivity index (χ2n) is 7.69. The summed E-state index contributed by atoms with van der Waals surface area (Å²) in [6.45, 7) is 0. The van der Waals surface area contributed by atoms with Gasteiger partial charge in [0, 0.05) is 28.9 Å². The van der Waals surface area contributed by atoms with E-state index in [4.69, 9.17) is 4.55 Å². The van der Waals surface area contributed by atoms with Crippen molar-refractivity contribution in [3.8, 4) is 11.3 Å². The molecule has 0 bridgehead atoms. The van der Waals surface area contributed by atoms with Crippen LogP contribution in [0.5, 0.6) is 0 Å². The first-order valence-electron chi connectivity index (χ1n) is 10.7. The van der Waals surface area contributed by atoms with Crippen LogP contribution in [0, 0.1) is 0 Å². The van der Waals surface area contributed by atoms with Gasteiger partial charge in [0.05, 0.1) is 21.7 Å². The summed E-state index contributed by atoms with van der Waals surface area (Å²) in [4.78, 5) is 12.6. The molecule has 0 atom stereocenters. The molecule has 0 fully saturated rings. The van der Waals surface area contributed by atoms with Gasteiger partial charge >= 0.3 is 6.18 Å².